The van der Waals surface area contributed by atoms with Crippen LogP contribution in [0.15, 0.2) is 48.0 Å². The lowest BCUT2D eigenvalue weighted by Gasteiger charge is -2.43. The fraction of sp³-hybridized carbons (Fsp3) is 0.333. The van der Waals surface area contributed by atoms with Crippen molar-refractivity contribution >= 4 is 40.7 Å². The lowest BCUT2D eigenvalue weighted by Crippen LogP contribution is -2.61. The SMILES string of the molecule is CC(=O)N1CC2CC(c3ccc(CCOc4ccc(Cl)cc4Cl)cc3)=C(C(=O)O)C(C1)N2. The maximum Gasteiger partial charge on any atom is 0.333 e. The van der Waals surface area contributed by atoms with Crippen LogP contribution in [0.1, 0.15) is 24.5 Å². The molecule has 0 spiro atoms. The Balaban J connectivity index is 1.47. The summed E-state index contributed by atoms with van der Waals surface area (Å²) in [4.78, 5) is 25.6. The van der Waals surface area contributed by atoms with E-state index in [9.17, 15) is 14.7 Å². The molecule has 32 heavy (non-hydrogen) atoms. The van der Waals surface area contributed by atoms with Gasteiger partial charge in [0, 0.05) is 37.5 Å². The summed E-state index contributed by atoms with van der Waals surface area (Å²) in [5, 5.41) is 14.3. The van der Waals surface area contributed by atoms with Crippen LogP contribution in [-0.2, 0) is 16.0 Å². The third-order valence-electron chi connectivity index (χ3n) is 5.93. The van der Waals surface area contributed by atoms with Gasteiger partial charge in [0.1, 0.15) is 5.75 Å². The third-order valence-corrected chi connectivity index (χ3v) is 6.46. The minimum atomic E-state index is -0.946. The second-order valence-corrected chi connectivity index (χ2v) is 8.96. The minimum absolute atomic E-state index is 0.0267. The predicted octanol–water partition coefficient (Wildman–Crippen LogP) is 4.05. The number of hydrogen-bond donors (Lipinski definition) is 2. The molecule has 168 valence electrons. The normalized spacial score (nSPS) is 20.3. The molecule has 1 saturated heterocycles. The summed E-state index contributed by atoms with van der Waals surface area (Å²) in [7, 11) is 0. The van der Waals surface area contributed by atoms with Crippen molar-refractivity contribution < 1.29 is 19.4 Å². The predicted molar refractivity (Wildman–Crippen MR) is 124 cm³/mol. The Morgan fingerprint density at radius 2 is 1.91 bits per heavy atom. The lowest BCUT2D eigenvalue weighted by atomic mass is 9.83. The number of carbonyl (C=O) groups is 2. The van der Waals surface area contributed by atoms with Gasteiger partial charge in [-0.2, -0.15) is 0 Å². The number of amides is 1. The van der Waals surface area contributed by atoms with Crippen LogP contribution in [0, 0.1) is 0 Å². The van der Waals surface area contributed by atoms with Crippen molar-refractivity contribution in [3.05, 3.63) is 69.2 Å². The second kappa shape index (κ2) is 9.53. The van der Waals surface area contributed by atoms with Gasteiger partial charge in [0.25, 0.3) is 0 Å². The Morgan fingerprint density at radius 1 is 1.16 bits per heavy atom. The molecule has 4 rings (SSSR count). The van der Waals surface area contributed by atoms with Crippen LogP contribution >= 0.6 is 23.2 Å². The first-order valence-electron chi connectivity index (χ1n) is 10.5. The summed E-state index contributed by atoms with van der Waals surface area (Å²) in [5.41, 5.74) is 3.17. The average molecular weight is 475 g/mol. The number of carboxylic acids is 1. The van der Waals surface area contributed by atoms with Gasteiger partial charge in [-0.1, -0.05) is 47.5 Å². The number of piperazine rings is 1. The molecular weight excluding hydrogens is 451 g/mol. The number of carboxylic acid groups (broad SMARTS) is 1. The molecule has 0 aliphatic carbocycles. The number of nitrogens with one attached hydrogen (secondary N) is 1. The second-order valence-electron chi connectivity index (χ2n) is 8.11. The van der Waals surface area contributed by atoms with E-state index in [1.807, 2.05) is 24.3 Å². The fourth-order valence-corrected chi connectivity index (χ4v) is 4.83. The van der Waals surface area contributed by atoms with Crippen molar-refractivity contribution in [2.75, 3.05) is 19.7 Å². The van der Waals surface area contributed by atoms with Crippen LogP contribution in [-0.4, -0.2) is 53.7 Å². The van der Waals surface area contributed by atoms with Gasteiger partial charge in [-0.15, -0.1) is 0 Å². The van der Waals surface area contributed by atoms with Crippen molar-refractivity contribution in [1.29, 1.82) is 0 Å². The molecule has 1 fully saturated rings. The van der Waals surface area contributed by atoms with Gasteiger partial charge in [-0.3, -0.25) is 4.79 Å². The Hall–Kier alpha value is -2.54. The van der Waals surface area contributed by atoms with Crippen molar-refractivity contribution in [2.45, 2.75) is 31.8 Å². The molecule has 2 unspecified atom stereocenters. The van der Waals surface area contributed by atoms with E-state index in [4.69, 9.17) is 27.9 Å². The molecule has 0 aromatic heterocycles. The summed E-state index contributed by atoms with van der Waals surface area (Å²) < 4.78 is 5.75. The largest absolute Gasteiger partial charge is 0.492 e. The summed E-state index contributed by atoms with van der Waals surface area (Å²) in [5.74, 6) is -0.385. The number of hydrogen-bond acceptors (Lipinski definition) is 4. The van der Waals surface area contributed by atoms with E-state index in [1.54, 1.807) is 23.1 Å². The van der Waals surface area contributed by atoms with Crippen LogP contribution < -0.4 is 10.1 Å². The third kappa shape index (κ3) is 4.93. The zero-order valence-corrected chi connectivity index (χ0v) is 19.1. The van der Waals surface area contributed by atoms with Crippen molar-refractivity contribution in [1.82, 2.24) is 10.2 Å². The van der Waals surface area contributed by atoms with Crippen molar-refractivity contribution in [3.63, 3.8) is 0 Å². The molecule has 6 nitrogen and oxygen atoms in total. The quantitative estimate of drug-likeness (QED) is 0.660. The Kier molecular flexibility index (Phi) is 6.74. The van der Waals surface area contributed by atoms with Gasteiger partial charge in [-0.25, -0.2) is 4.79 Å². The number of rotatable bonds is 6. The molecule has 1 amide bonds. The standard InChI is InChI=1S/C24H24Cl2N2O4/c1-14(29)28-12-18-11-19(23(24(30)31)21(13-28)27-18)16-4-2-15(3-5-16)8-9-32-22-7-6-17(25)10-20(22)26/h2-7,10,18,21,27H,8-9,11-13H2,1H3,(H,30,31). The van der Waals surface area contributed by atoms with Gasteiger partial charge < -0.3 is 20.1 Å². The maximum absolute atomic E-state index is 12.1. The Labute approximate surface area is 196 Å². The van der Waals surface area contributed by atoms with E-state index in [0.29, 0.717) is 53.9 Å². The molecule has 0 radical (unpaired) electrons. The molecule has 2 bridgehead atoms. The number of ether oxygens (including phenoxy) is 1. The van der Waals surface area contributed by atoms with E-state index in [2.05, 4.69) is 5.32 Å². The fourth-order valence-electron chi connectivity index (χ4n) is 4.37. The molecule has 2 aliphatic rings. The minimum Gasteiger partial charge on any atom is -0.492 e. The first-order valence-corrected chi connectivity index (χ1v) is 11.2. The number of aliphatic carboxylic acids is 1. The molecule has 2 atom stereocenters. The highest BCUT2D eigenvalue weighted by Gasteiger charge is 2.38. The smallest absolute Gasteiger partial charge is 0.333 e. The molecule has 2 N–H and O–H groups in total. The first kappa shape index (κ1) is 22.6. The van der Waals surface area contributed by atoms with Crippen LogP contribution in [0.2, 0.25) is 10.0 Å². The molecule has 2 aromatic carbocycles. The van der Waals surface area contributed by atoms with Crippen LogP contribution in [0.25, 0.3) is 5.57 Å². The van der Waals surface area contributed by atoms with Gasteiger partial charge in [0.2, 0.25) is 5.91 Å². The van der Waals surface area contributed by atoms with Gasteiger partial charge in [-0.05, 0) is 41.3 Å². The molecule has 2 aromatic rings. The van der Waals surface area contributed by atoms with Crippen LogP contribution in [0.3, 0.4) is 0 Å². The monoisotopic (exact) mass is 474 g/mol. The number of nitrogens with zero attached hydrogens (tertiary/aromatic N) is 1. The molecule has 2 heterocycles. The summed E-state index contributed by atoms with van der Waals surface area (Å²) >= 11 is 12.0. The molecule has 2 aliphatic heterocycles. The molecule has 8 heteroatoms. The van der Waals surface area contributed by atoms with Crippen LogP contribution in [0.5, 0.6) is 5.75 Å². The van der Waals surface area contributed by atoms with Crippen molar-refractivity contribution in [3.8, 4) is 5.75 Å². The number of halogens is 2. The van der Waals surface area contributed by atoms with E-state index >= 15 is 0 Å². The summed E-state index contributed by atoms with van der Waals surface area (Å²) in [6.07, 6.45) is 1.25. The van der Waals surface area contributed by atoms with Gasteiger partial charge in [0.15, 0.2) is 0 Å². The lowest BCUT2D eigenvalue weighted by molar-refractivity contribution is -0.135. The Morgan fingerprint density at radius 3 is 2.56 bits per heavy atom. The highest BCUT2D eigenvalue weighted by molar-refractivity contribution is 6.35. The van der Waals surface area contributed by atoms with E-state index < -0.39 is 5.97 Å². The zero-order valence-electron chi connectivity index (χ0n) is 17.6. The zero-order chi connectivity index (χ0) is 22.8. The van der Waals surface area contributed by atoms with Crippen LogP contribution in [0.4, 0.5) is 0 Å². The van der Waals surface area contributed by atoms with E-state index in [-0.39, 0.29) is 18.0 Å². The van der Waals surface area contributed by atoms with Gasteiger partial charge in [0.05, 0.1) is 23.2 Å². The first-order chi connectivity index (χ1) is 15.3. The average Bonchev–Trinajstić information content (AvgIpc) is 2.74. The van der Waals surface area contributed by atoms with Crippen molar-refractivity contribution in [2.24, 2.45) is 0 Å². The number of carbonyl (C=O) groups excluding carboxylic acids is 1. The summed E-state index contributed by atoms with van der Waals surface area (Å²) in [6, 6.07) is 12.7. The molecular formula is C24H24Cl2N2O4. The van der Waals surface area contributed by atoms with E-state index in [0.717, 1.165) is 16.7 Å². The van der Waals surface area contributed by atoms with E-state index in [1.165, 1.54) is 6.92 Å². The highest BCUT2D eigenvalue weighted by Crippen LogP contribution is 2.33. The molecule has 0 saturated carbocycles. The van der Waals surface area contributed by atoms with Gasteiger partial charge >= 0.3 is 5.97 Å². The summed E-state index contributed by atoms with van der Waals surface area (Å²) in [6.45, 7) is 2.94. The Bertz CT molecular complexity index is 1070. The maximum atomic E-state index is 12.1. The highest BCUT2D eigenvalue weighted by atomic mass is 35.5. The number of benzene rings is 2. The number of fused-ring (bicyclic) bond motifs is 2. The topological polar surface area (TPSA) is 78.9 Å².